The number of carbonyl (C=O) groups is 1. The van der Waals surface area contributed by atoms with Crippen LogP contribution in [-0.2, 0) is 4.79 Å². The topological polar surface area (TPSA) is 90.1 Å². The minimum Gasteiger partial charge on any atom is -0.467 e. The molecule has 0 saturated carbocycles. The molecule has 1 aliphatic rings. The van der Waals surface area contributed by atoms with E-state index < -0.39 is 0 Å². The van der Waals surface area contributed by atoms with Crippen molar-refractivity contribution >= 4 is 51.3 Å². The van der Waals surface area contributed by atoms with E-state index in [0.717, 1.165) is 16.5 Å². The number of thiocarbonyl (C=S) groups is 1. The van der Waals surface area contributed by atoms with Gasteiger partial charge < -0.3 is 14.5 Å². The predicted molar refractivity (Wildman–Crippen MR) is 97.9 cm³/mol. The lowest BCUT2D eigenvalue weighted by Crippen LogP contribution is -2.17. The van der Waals surface area contributed by atoms with Crippen LogP contribution < -0.4 is 10.1 Å². The molecular formula is C16H10N4O3S2. The Balaban J connectivity index is 1.77. The number of hydrogen-bond acceptors (Lipinski definition) is 8. The van der Waals surface area contributed by atoms with E-state index in [9.17, 15) is 4.79 Å². The molecule has 124 valence electrons. The van der Waals surface area contributed by atoms with Gasteiger partial charge in [0.25, 0.3) is 5.91 Å². The summed E-state index contributed by atoms with van der Waals surface area (Å²) in [5, 5.41) is 3.38. The number of fused-ring (bicyclic) bond motifs is 1. The molecule has 1 aliphatic heterocycles. The fourth-order valence-corrected chi connectivity index (χ4v) is 3.39. The Morgan fingerprint density at radius 1 is 1.28 bits per heavy atom. The first-order chi connectivity index (χ1) is 12.1. The van der Waals surface area contributed by atoms with Crippen LogP contribution in [0, 0.1) is 0 Å². The highest BCUT2D eigenvalue weighted by Crippen LogP contribution is 2.32. The third kappa shape index (κ3) is 2.99. The maximum absolute atomic E-state index is 11.8. The Morgan fingerprint density at radius 3 is 2.76 bits per heavy atom. The van der Waals surface area contributed by atoms with Gasteiger partial charge in [0, 0.05) is 47.4 Å². The van der Waals surface area contributed by atoms with Gasteiger partial charge in [-0.25, -0.2) is 9.97 Å². The van der Waals surface area contributed by atoms with Crippen molar-refractivity contribution in [3.05, 3.63) is 41.5 Å². The number of nitrogens with zero attached hydrogens (tertiary/aromatic N) is 3. The molecule has 0 bridgehead atoms. The first kappa shape index (κ1) is 15.7. The van der Waals surface area contributed by atoms with E-state index in [0.29, 0.717) is 20.6 Å². The van der Waals surface area contributed by atoms with Crippen LogP contribution in [0.1, 0.15) is 5.76 Å². The summed E-state index contributed by atoms with van der Waals surface area (Å²) in [6, 6.07) is 2.10. The molecule has 7 nitrogen and oxygen atoms in total. The maximum Gasteiger partial charge on any atom is 0.316 e. The minimum absolute atomic E-state index is 0.225. The van der Waals surface area contributed by atoms with Gasteiger partial charge in [0.05, 0.1) is 12.0 Å². The maximum atomic E-state index is 11.8. The third-order valence-electron chi connectivity index (χ3n) is 3.48. The van der Waals surface area contributed by atoms with Crippen LogP contribution in [0.25, 0.3) is 28.2 Å². The Kier molecular flexibility index (Phi) is 3.94. The van der Waals surface area contributed by atoms with Crippen molar-refractivity contribution in [1.82, 2.24) is 20.3 Å². The Bertz CT molecular complexity index is 1030. The fraction of sp³-hybridized carbons (Fsp3) is 0.0625. The number of amides is 1. The number of pyridine rings is 1. The van der Waals surface area contributed by atoms with Crippen LogP contribution in [-0.4, -0.2) is 32.3 Å². The summed E-state index contributed by atoms with van der Waals surface area (Å²) in [5.41, 5.74) is 2.15. The molecule has 0 aliphatic carbocycles. The highest BCUT2D eigenvalue weighted by atomic mass is 32.2. The third-order valence-corrected chi connectivity index (χ3v) is 4.64. The number of methoxy groups -OCH3 is 1. The van der Waals surface area contributed by atoms with Gasteiger partial charge in [-0.3, -0.25) is 9.78 Å². The molecule has 1 saturated heterocycles. The van der Waals surface area contributed by atoms with Crippen molar-refractivity contribution in [1.29, 1.82) is 0 Å². The molecule has 1 amide bonds. The molecule has 1 N–H and O–H groups in total. The van der Waals surface area contributed by atoms with E-state index in [-0.39, 0.29) is 11.9 Å². The number of hydrogen-bond donors (Lipinski definition) is 1. The van der Waals surface area contributed by atoms with Crippen LogP contribution >= 0.6 is 24.0 Å². The van der Waals surface area contributed by atoms with Crippen LogP contribution in [0.4, 0.5) is 0 Å². The second-order valence-corrected chi connectivity index (χ2v) is 6.78. The van der Waals surface area contributed by atoms with E-state index in [1.807, 2.05) is 6.07 Å². The summed E-state index contributed by atoms with van der Waals surface area (Å²) in [6.07, 6.45) is 8.32. The highest BCUT2D eigenvalue weighted by Gasteiger charge is 2.23. The summed E-state index contributed by atoms with van der Waals surface area (Å²) in [4.78, 5) is 24.7. The van der Waals surface area contributed by atoms with Crippen molar-refractivity contribution in [2.45, 2.75) is 0 Å². The zero-order chi connectivity index (χ0) is 17.4. The van der Waals surface area contributed by atoms with Crippen molar-refractivity contribution in [3.63, 3.8) is 0 Å². The van der Waals surface area contributed by atoms with Crippen molar-refractivity contribution in [3.8, 4) is 17.1 Å². The quantitative estimate of drug-likeness (QED) is 0.556. The molecule has 1 fully saturated rings. The molecule has 3 aromatic rings. The van der Waals surface area contributed by atoms with Gasteiger partial charge in [-0.15, -0.1) is 0 Å². The van der Waals surface area contributed by atoms with E-state index in [4.69, 9.17) is 21.4 Å². The summed E-state index contributed by atoms with van der Waals surface area (Å²) in [5.74, 6) is 0.318. The van der Waals surface area contributed by atoms with Crippen LogP contribution in [0.2, 0.25) is 0 Å². The summed E-state index contributed by atoms with van der Waals surface area (Å²) in [7, 11) is 1.51. The smallest absolute Gasteiger partial charge is 0.316 e. The number of thioether (sulfide) groups is 1. The number of furan rings is 1. The Hall–Kier alpha value is -2.78. The van der Waals surface area contributed by atoms with E-state index in [1.165, 1.54) is 18.9 Å². The average Bonchev–Trinajstić information content (AvgIpc) is 3.17. The molecule has 4 heterocycles. The molecule has 0 aromatic carbocycles. The number of nitrogens with one attached hydrogen (secondary N) is 1. The average molecular weight is 370 g/mol. The Labute approximate surface area is 151 Å². The standard InChI is InChI=1S/C16H10N4O3S2/c1-22-15-18-5-9(6-19-15)11-7-17-4-8-2-10(23-13(8)11)3-12-14(21)20-16(24)25-12/h2-7H,1H3,(H,20,21,24)/b12-3-. The molecule has 4 rings (SSSR count). The van der Waals surface area contributed by atoms with Gasteiger partial charge in [-0.1, -0.05) is 24.0 Å². The predicted octanol–water partition coefficient (Wildman–Crippen LogP) is 2.78. The molecule has 25 heavy (non-hydrogen) atoms. The normalized spacial score (nSPS) is 15.8. The largest absolute Gasteiger partial charge is 0.467 e. The molecule has 0 unspecified atom stereocenters. The summed E-state index contributed by atoms with van der Waals surface area (Å²) >= 11 is 6.19. The van der Waals surface area contributed by atoms with Crippen molar-refractivity contribution in [2.75, 3.05) is 7.11 Å². The van der Waals surface area contributed by atoms with E-state index in [2.05, 4.69) is 20.3 Å². The summed E-state index contributed by atoms with van der Waals surface area (Å²) in [6.45, 7) is 0. The van der Waals surface area contributed by atoms with Crippen LogP contribution in [0.15, 0.2) is 40.2 Å². The molecule has 9 heteroatoms. The van der Waals surface area contributed by atoms with Crippen LogP contribution in [0.5, 0.6) is 6.01 Å². The SMILES string of the molecule is COc1ncc(-c2cncc3cc(/C=C4\SC(=S)NC4=O)oc23)cn1. The first-order valence-corrected chi connectivity index (χ1v) is 8.35. The lowest BCUT2D eigenvalue weighted by Gasteiger charge is -2.02. The lowest BCUT2D eigenvalue weighted by atomic mass is 10.1. The second kappa shape index (κ2) is 6.26. The molecule has 3 aromatic heterocycles. The number of ether oxygens (including phenoxy) is 1. The van der Waals surface area contributed by atoms with Gasteiger partial charge in [0.1, 0.15) is 15.7 Å². The highest BCUT2D eigenvalue weighted by molar-refractivity contribution is 8.26. The van der Waals surface area contributed by atoms with Gasteiger partial charge in [-0.05, 0) is 6.07 Å². The Morgan fingerprint density at radius 2 is 2.08 bits per heavy atom. The van der Waals surface area contributed by atoms with Gasteiger partial charge in [-0.2, -0.15) is 0 Å². The van der Waals surface area contributed by atoms with Gasteiger partial charge in [0.15, 0.2) is 0 Å². The zero-order valence-corrected chi connectivity index (χ0v) is 14.5. The molecule has 0 radical (unpaired) electrons. The monoisotopic (exact) mass is 370 g/mol. The fourth-order valence-electron chi connectivity index (χ4n) is 2.37. The number of aromatic nitrogens is 3. The van der Waals surface area contributed by atoms with Gasteiger partial charge in [0.2, 0.25) is 0 Å². The van der Waals surface area contributed by atoms with Crippen LogP contribution in [0.3, 0.4) is 0 Å². The lowest BCUT2D eigenvalue weighted by molar-refractivity contribution is -0.115. The zero-order valence-electron chi connectivity index (χ0n) is 12.8. The molecule has 0 atom stereocenters. The van der Waals surface area contributed by atoms with E-state index >= 15 is 0 Å². The first-order valence-electron chi connectivity index (χ1n) is 7.13. The molecule has 0 spiro atoms. The molecular weight excluding hydrogens is 360 g/mol. The second-order valence-electron chi connectivity index (χ2n) is 5.06. The van der Waals surface area contributed by atoms with Crippen molar-refractivity contribution < 1.29 is 13.9 Å². The summed E-state index contributed by atoms with van der Waals surface area (Å²) < 4.78 is 11.3. The number of rotatable bonds is 3. The van der Waals surface area contributed by atoms with E-state index in [1.54, 1.807) is 30.9 Å². The minimum atomic E-state index is -0.225. The van der Waals surface area contributed by atoms with Crippen molar-refractivity contribution in [2.24, 2.45) is 0 Å². The number of carbonyl (C=O) groups excluding carboxylic acids is 1. The van der Waals surface area contributed by atoms with Gasteiger partial charge >= 0.3 is 6.01 Å².